The van der Waals surface area contributed by atoms with E-state index in [1.54, 1.807) is 32.1 Å². The summed E-state index contributed by atoms with van der Waals surface area (Å²) < 4.78 is 17.2. The van der Waals surface area contributed by atoms with Crippen LogP contribution >= 0.6 is 34.2 Å². The summed E-state index contributed by atoms with van der Waals surface area (Å²) in [6.45, 7) is 3.84. The van der Waals surface area contributed by atoms with E-state index in [1.165, 1.54) is 0 Å². The highest BCUT2D eigenvalue weighted by atomic mass is 127. The molecule has 0 aliphatic carbocycles. The van der Waals surface area contributed by atoms with Crippen molar-refractivity contribution in [3.8, 4) is 11.5 Å². The van der Waals surface area contributed by atoms with E-state index in [9.17, 15) is 9.59 Å². The molecular formula is C21H17ClINO5. The standard InChI is InChI=1S/C21H17ClINO5/c1-3-18(25)28-19-15(22)9-12(11-17(19)27-4-2)10-16-21(26)29-20(24-16)13-5-7-14(23)8-6-13/h5-11H,3-4H2,1-2H3/b16-10-. The van der Waals surface area contributed by atoms with E-state index in [4.69, 9.17) is 25.8 Å². The van der Waals surface area contributed by atoms with Crippen molar-refractivity contribution in [3.63, 3.8) is 0 Å². The van der Waals surface area contributed by atoms with Gasteiger partial charge in [-0.1, -0.05) is 18.5 Å². The molecule has 0 saturated heterocycles. The van der Waals surface area contributed by atoms with Gasteiger partial charge in [0.05, 0.1) is 11.6 Å². The maximum absolute atomic E-state index is 12.2. The Bertz CT molecular complexity index is 1010. The van der Waals surface area contributed by atoms with E-state index in [2.05, 4.69) is 27.6 Å². The van der Waals surface area contributed by atoms with Gasteiger partial charge in [-0.15, -0.1) is 0 Å². The van der Waals surface area contributed by atoms with Crippen molar-refractivity contribution < 1.29 is 23.8 Å². The smallest absolute Gasteiger partial charge is 0.363 e. The lowest BCUT2D eigenvalue weighted by atomic mass is 10.1. The third kappa shape index (κ3) is 5.16. The molecule has 0 amide bonds. The number of aliphatic imine (C=N–C) groups is 1. The van der Waals surface area contributed by atoms with Gasteiger partial charge >= 0.3 is 11.9 Å². The molecule has 0 aromatic heterocycles. The number of cyclic esters (lactones) is 1. The molecule has 6 nitrogen and oxygen atoms in total. The lowest BCUT2D eigenvalue weighted by Gasteiger charge is -2.13. The third-order valence-corrected chi connectivity index (χ3v) is 4.85. The van der Waals surface area contributed by atoms with Gasteiger partial charge < -0.3 is 14.2 Å². The number of carbonyl (C=O) groups is 2. The van der Waals surface area contributed by atoms with Crippen molar-refractivity contribution >= 4 is 58.1 Å². The summed E-state index contributed by atoms with van der Waals surface area (Å²) in [5, 5.41) is 0.192. The predicted molar refractivity (Wildman–Crippen MR) is 118 cm³/mol. The van der Waals surface area contributed by atoms with Gasteiger partial charge in [0.15, 0.2) is 17.2 Å². The summed E-state index contributed by atoms with van der Waals surface area (Å²) in [6, 6.07) is 10.7. The molecule has 0 bridgehead atoms. The third-order valence-electron chi connectivity index (χ3n) is 3.85. The molecule has 150 valence electrons. The van der Waals surface area contributed by atoms with Crippen LogP contribution in [0, 0.1) is 3.57 Å². The van der Waals surface area contributed by atoms with Crippen molar-refractivity contribution in [1.29, 1.82) is 0 Å². The summed E-state index contributed by atoms with van der Waals surface area (Å²) in [6.07, 6.45) is 1.75. The first-order valence-electron chi connectivity index (χ1n) is 8.86. The van der Waals surface area contributed by atoms with Gasteiger partial charge in [-0.05, 0) is 77.6 Å². The maximum atomic E-state index is 12.2. The Labute approximate surface area is 186 Å². The van der Waals surface area contributed by atoms with E-state index < -0.39 is 11.9 Å². The zero-order valence-corrected chi connectivity index (χ0v) is 18.6. The highest BCUT2D eigenvalue weighted by molar-refractivity contribution is 14.1. The Hall–Kier alpha value is -2.39. The minimum Gasteiger partial charge on any atom is -0.490 e. The second-order valence-corrected chi connectivity index (χ2v) is 7.59. The summed E-state index contributed by atoms with van der Waals surface area (Å²) >= 11 is 8.49. The van der Waals surface area contributed by atoms with E-state index in [0.29, 0.717) is 23.5 Å². The Morgan fingerprint density at radius 1 is 1.24 bits per heavy atom. The highest BCUT2D eigenvalue weighted by Gasteiger charge is 2.24. The van der Waals surface area contributed by atoms with Gasteiger partial charge in [0, 0.05) is 15.6 Å². The number of benzene rings is 2. The molecule has 0 radical (unpaired) electrons. The average molecular weight is 526 g/mol. The molecule has 0 N–H and O–H groups in total. The van der Waals surface area contributed by atoms with E-state index in [1.807, 2.05) is 24.3 Å². The summed E-state index contributed by atoms with van der Waals surface area (Å²) in [5.74, 6) is -0.289. The van der Waals surface area contributed by atoms with Crippen LogP contribution in [0.4, 0.5) is 0 Å². The summed E-state index contributed by atoms with van der Waals surface area (Å²) in [5.41, 5.74) is 1.40. The fraction of sp³-hybridized carbons (Fsp3) is 0.190. The minimum atomic E-state index is -0.561. The lowest BCUT2D eigenvalue weighted by Crippen LogP contribution is -2.08. The number of hydrogen-bond donors (Lipinski definition) is 0. The predicted octanol–water partition coefficient (Wildman–Crippen LogP) is 5.00. The molecule has 29 heavy (non-hydrogen) atoms. The van der Waals surface area contributed by atoms with E-state index in [0.717, 1.165) is 3.57 Å². The van der Waals surface area contributed by atoms with Crippen LogP contribution in [0.5, 0.6) is 11.5 Å². The van der Waals surface area contributed by atoms with Crippen LogP contribution in [0.3, 0.4) is 0 Å². The molecule has 2 aromatic carbocycles. The van der Waals surface area contributed by atoms with Crippen LogP contribution in [0.2, 0.25) is 5.02 Å². The average Bonchev–Trinajstić information content (AvgIpc) is 3.05. The summed E-state index contributed by atoms with van der Waals surface area (Å²) in [4.78, 5) is 28.2. The Morgan fingerprint density at radius 2 is 1.97 bits per heavy atom. The lowest BCUT2D eigenvalue weighted by molar-refractivity contribution is -0.134. The fourth-order valence-electron chi connectivity index (χ4n) is 2.50. The highest BCUT2D eigenvalue weighted by Crippen LogP contribution is 2.38. The minimum absolute atomic E-state index is 0.135. The number of carbonyl (C=O) groups excluding carboxylic acids is 2. The van der Waals surface area contributed by atoms with Crippen LogP contribution in [0.15, 0.2) is 47.1 Å². The van der Waals surface area contributed by atoms with E-state index in [-0.39, 0.29) is 28.8 Å². The molecule has 0 atom stereocenters. The van der Waals surface area contributed by atoms with Crippen molar-refractivity contribution in [1.82, 2.24) is 0 Å². The maximum Gasteiger partial charge on any atom is 0.363 e. The molecule has 8 heteroatoms. The Balaban J connectivity index is 1.95. The molecule has 0 saturated carbocycles. The zero-order valence-electron chi connectivity index (χ0n) is 15.7. The number of ether oxygens (including phenoxy) is 3. The van der Waals surface area contributed by atoms with Gasteiger partial charge in [-0.2, -0.15) is 0 Å². The molecule has 2 aromatic rings. The van der Waals surface area contributed by atoms with Gasteiger partial charge in [0.1, 0.15) is 0 Å². The van der Waals surface area contributed by atoms with Crippen molar-refractivity contribution in [2.45, 2.75) is 20.3 Å². The van der Waals surface area contributed by atoms with Crippen LogP contribution < -0.4 is 9.47 Å². The van der Waals surface area contributed by atoms with Gasteiger partial charge in [0.25, 0.3) is 0 Å². The molecule has 3 rings (SSSR count). The molecule has 0 unspecified atom stereocenters. The fourth-order valence-corrected chi connectivity index (χ4v) is 3.12. The molecule has 0 spiro atoms. The van der Waals surface area contributed by atoms with Crippen LogP contribution in [-0.4, -0.2) is 24.4 Å². The van der Waals surface area contributed by atoms with Gasteiger partial charge in [0.2, 0.25) is 5.90 Å². The quantitative estimate of drug-likeness (QED) is 0.230. The molecule has 1 aliphatic rings. The molecule has 0 fully saturated rings. The molecule has 1 aliphatic heterocycles. The SMILES string of the molecule is CCOc1cc(/C=C2\N=C(c3ccc(I)cc3)OC2=O)cc(Cl)c1OC(=O)CC. The van der Waals surface area contributed by atoms with Crippen LogP contribution in [0.1, 0.15) is 31.4 Å². The number of hydrogen-bond acceptors (Lipinski definition) is 6. The first-order valence-corrected chi connectivity index (χ1v) is 10.3. The van der Waals surface area contributed by atoms with Crippen molar-refractivity contribution in [3.05, 3.63) is 61.8 Å². The van der Waals surface area contributed by atoms with E-state index >= 15 is 0 Å². The molecule has 1 heterocycles. The van der Waals surface area contributed by atoms with Crippen LogP contribution in [-0.2, 0) is 14.3 Å². The summed E-state index contributed by atoms with van der Waals surface area (Å²) in [7, 11) is 0. The first-order chi connectivity index (χ1) is 13.9. The first kappa shape index (κ1) is 21.3. The number of halogens is 2. The van der Waals surface area contributed by atoms with Crippen molar-refractivity contribution in [2.24, 2.45) is 4.99 Å². The topological polar surface area (TPSA) is 74.2 Å². The monoisotopic (exact) mass is 525 g/mol. The Morgan fingerprint density at radius 3 is 2.62 bits per heavy atom. The second-order valence-electron chi connectivity index (χ2n) is 5.93. The van der Waals surface area contributed by atoms with Crippen molar-refractivity contribution in [2.75, 3.05) is 6.61 Å². The molecular weight excluding hydrogens is 509 g/mol. The largest absolute Gasteiger partial charge is 0.490 e. The van der Waals surface area contributed by atoms with Gasteiger partial charge in [-0.25, -0.2) is 9.79 Å². The van der Waals surface area contributed by atoms with Crippen LogP contribution in [0.25, 0.3) is 6.08 Å². The zero-order chi connectivity index (χ0) is 21.0. The normalized spacial score (nSPS) is 14.6. The number of nitrogens with zero attached hydrogens (tertiary/aromatic N) is 1. The van der Waals surface area contributed by atoms with Gasteiger partial charge in [-0.3, -0.25) is 4.79 Å². The Kier molecular flexibility index (Phi) is 6.92. The number of rotatable bonds is 6. The second kappa shape index (κ2) is 9.41. The number of esters is 2.